The summed E-state index contributed by atoms with van der Waals surface area (Å²) in [5, 5.41) is 0. The van der Waals surface area contributed by atoms with Gasteiger partial charge in [0.25, 0.3) is 0 Å². The van der Waals surface area contributed by atoms with Gasteiger partial charge in [-0.05, 0) is 26.2 Å². The topological polar surface area (TPSA) is 69.6 Å². The van der Waals surface area contributed by atoms with E-state index >= 15 is 0 Å². The van der Waals surface area contributed by atoms with E-state index in [1.54, 1.807) is 0 Å². The third-order valence-corrected chi connectivity index (χ3v) is 6.16. The maximum Gasteiger partial charge on any atom is 0.228 e. The van der Waals surface area contributed by atoms with Gasteiger partial charge in [0.05, 0.1) is 18.2 Å². The molecule has 2 fully saturated rings. The van der Waals surface area contributed by atoms with Crippen molar-refractivity contribution in [2.45, 2.75) is 58.0 Å². The number of nitrogens with zero attached hydrogens (tertiary/aromatic N) is 5. The molecular formula is C20H29N5O2. The summed E-state index contributed by atoms with van der Waals surface area (Å²) < 4.78 is 0. The number of hydrogen-bond acceptors (Lipinski definition) is 5. The summed E-state index contributed by atoms with van der Waals surface area (Å²) in [5.41, 5.74) is 2.09. The van der Waals surface area contributed by atoms with Gasteiger partial charge in [-0.25, -0.2) is 9.97 Å². The minimum Gasteiger partial charge on any atom is -0.362 e. The highest BCUT2D eigenvalue weighted by atomic mass is 16.2. The first kappa shape index (κ1) is 18.2. The number of amides is 2. The second-order valence-electron chi connectivity index (χ2n) is 8.31. The molecule has 1 aliphatic carbocycles. The van der Waals surface area contributed by atoms with E-state index in [1.165, 1.54) is 12.8 Å². The lowest BCUT2D eigenvalue weighted by atomic mass is 10.0. The summed E-state index contributed by atoms with van der Waals surface area (Å²) in [6.45, 7) is 3.68. The van der Waals surface area contributed by atoms with E-state index in [9.17, 15) is 9.59 Å². The van der Waals surface area contributed by atoms with Crippen LogP contribution in [0.15, 0.2) is 0 Å². The second kappa shape index (κ2) is 7.09. The molecule has 2 aliphatic heterocycles. The summed E-state index contributed by atoms with van der Waals surface area (Å²) in [7, 11) is 3.97. The fourth-order valence-corrected chi connectivity index (χ4v) is 4.81. The fourth-order valence-electron chi connectivity index (χ4n) is 4.81. The highest BCUT2D eigenvalue weighted by Gasteiger charge is 2.40. The van der Waals surface area contributed by atoms with Crippen molar-refractivity contribution >= 4 is 17.6 Å². The van der Waals surface area contributed by atoms with Crippen LogP contribution >= 0.6 is 0 Å². The number of fused-ring (bicyclic) bond motifs is 1. The molecule has 0 spiro atoms. The van der Waals surface area contributed by atoms with Crippen LogP contribution in [0.1, 0.15) is 49.2 Å². The lowest BCUT2D eigenvalue weighted by molar-refractivity contribution is -0.136. The molecule has 2 amide bonds. The summed E-state index contributed by atoms with van der Waals surface area (Å²) >= 11 is 0. The third kappa shape index (κ3) is 3.39. The van der Waals surface area contributed by atoms with Crippen molar-refractivity contribution in [1.82, 2.24) is 19.8 Å². The predicted molar refractivity (Wildman–Crippen MR) is 102 cm³/mol. The van der Waals surface area contributed by atoms with E-state index in [0.29, 0.717) is 32.1 Å². The van der Waals surface area contributed by atoms with Crippen molar-refractivity contribution in [2.24, 2.45) is 5.92 Å². The van der Waals surface area contributed by atoms with E-state index in [1.807, 2.05) is 35.7 Å². The van der Waals surface area contributed by atoms with Crippen LogP contribution in [0.3, 0.4) is 0 Å². The Morgan fingerprint density at radius 1 is 1.19 bits per heavy atom. The maximum atomic E-state index is 13.1. The Balaban J connectivity index is 1.48. The molecule has 1 aromatic heterocycles. The lowest BCUT2D eigenvalue weighted by Crippen LogP contribution is -2.42. The molecule has 0 aromatic carbocycles. The number of likely N-dealkylation sites (tertiary alicyclic amines) is 1. The average Bonchev–Trinajstić information content (AvgIpc) is 3.29. The van der Waals surface area contributed by atoms with Crippen LogP contribution in [-0.4, -0.2) is 64.8 Å². The molecule has 7 nitrogen and oxygen atoms in total. The molecule has 146 valence electrons. The highest BCUT2D eigenvalue weighted by molar-refractivity contribution is 5.89. The molecular weight excluding hydrogens is 342 g/mol. The number of carbonyl (C=O) groups is 2. The van der Waals surface area contributed by atoms with E-state index in [2.05, 4.69) is 9.97 Å². The minimum atomic E-state index is -0.198. The highest BCUT2D eigenvalue weighted by Crippen LogP contribution is 2.32. The van der Waals surface area contributed by atoms with Crippen molar-refractivity contribution in [3.05, 3.63) is 17.1 Å². The summed E-state index contributed by atoms with van der Waals surface area (Å²) in [6, 6.07) is 0.357. The van der Waals surface area contributed by atoms with Gasteiger partial charge < -0.3 is 14.7 Å². The van der Waals surface area contributed by atoms with Gasteiger partial charge in [-0.2, -0.15) is 0 Å². The van der Waals surface area contributed by atoms with Gasteiger partial charge in [0.1, 0.15) is 11.6 Å². The average molecular weight is 371 g/mol. The molecule has 1 saturated heterocycles. The smallest absolute Gasteiger partial charge is 0.228 e. The Bertz CT molecular complexity index is 757. The zero-order valence-corrected chi connectivity index (χ0v) is 16.6. The number of carbonyl (C=O) groups excluding carboxylic acids is 2. The molecule has 3 aliphatic rings. The maximum absolute atomic E-state index is 13.1. The van der Waals surface area contributed by atoms with Crippen LogP contribution in [0.2, 0.25) is 0 Å². The van der Waals surface area contributed by atoms with Gasteiger partial charge in [0.2, 0.25) is 11.8 Å². The standard InChI is InChI=1S/C20H29N5O2/c1-13-21-17-12-24(9-8-16(17)19(22-13)23(2)3)20(27)14-10-18(26)25(11-14)15-6-4-5-7-15/h14-15H,4-12H2,1-3H3/t14-/m0/s1. The van der Waals surface area contributed by atoms with Gasteiger partial charge in [0.15, 0.2) is 0 Å². The zero-order valence-electron chi connectivity index (χ0n) is 16.6. The third-order valence-electron chi connectivity index (χ3n) is 6.16. The van der Waals surface area contributed by atoms with Crippen molar-refractivity contribution in [1.29, 1.82) is 0 Å². The van der Waals surface area contributed by atoms with Gasteiger partial charge in [0, 0.05) is 45.2 Å². The van der Waals surface area contributed by atoms with Crippen LogP contribution in [0, 0.1) is 12.8 Å². The van der Waals surface area contributed by atoms with E-state index in [-0.39, 0.29) is 17.7 Å². The summed E-state index contributed by atoms with van der Waals surface area (Å²) in [5.74, 6) is 1.75. The van der Waals surface area contributed by atoms with Crippen LogP contribution < -0.4 is 4.90 Å². The van der Waals surface area contributed by atoms with Crippen molar-refractivity contribution < 1.29 is 9.59 Å². The van der Waals surface area contributed by atoms with Crippen LogP contribution in [0.5, 0.6) is 0 Å². The van der Waals surface area contributed by atoms with Gasteiger partial charge in [-0.15, -0.1) is 0 Å². The first-order valence-electron chi connectivity index (χ1n) is 10.1. The first-order valence-corrected chi connectivity index (χ1v) is 10.1. The minimum absolute atomic E-state index is 0.108. The number of rotatable bonds is 3. The lowest BCUT2D eigenvalue weighted by Gasteiger charge is -2.32. The van der Waals surface area contributed by atoms with Crippen LogP contribution in [0.4, 0.5) is 5.82 Å². The molecule has 1 atom stereocenters. The van der Waals surface area contributed by atoms with Crippen molar-refractivity contribution in [2.75, 3.05) is 32.1 Å². The van der Waals surface area contributed by atoms with Gasteiger partial charge in [-0.1, -0.05) is 12.8 Å². The predicted octanol–water partition coefficient (Wildman–Crippen LogP) is 1.53. The molecule has 0 radical (unpaired) electrons. The van der Waals surface area contributed by atoms with E-state index in [0.717, 1.165) is 42.2 Å². The Kier molecular flexibility index (Phi) is 4.78. The van der Waals surface area contributed by atoms with Crippen LogP contribution in [0.25, 0.3) is 0 Å². The first-order chi connectivity index (χ1) is 12.9. The largest absolute Gasteiger partial charge is 0.362 e. The Morgan fingerprint density at radius 3 is 2.63 bits per heavy atom. The Labute approximate surface area is 160 Å². The molecule has 4 rings (SSSR count). The summed E-state index contributed by atoms with van der Waals surface area (Å²) in [6.07, 6.45) is 5.71. The molecule has 1 saturated carbocycles. The normalized spacial score (nSPS) is 23.1. The molecule has 27 heavy (non-hydrogen) atoms. The molecule has 0 bridgehead atoms. The van der Waals surface area contributed by atoms with Gasteiger partial charge >= 0.3 is 0 Å². The fraction of sp³-hybridized carbons (Fsp3) is 0.700. The van der Waals surface area contributed by atoms with Gasteiger partial charge in [-0.3, -0.25) is 9.59 Å². The number of hydrogen-bond donors (Lipinski definition) is 0. The Hall–Kier alpha value is -2.18. The molecule has 0 unspecified atom stereocenters. The van der Waals surface area contributed by atoms with Crippen molar-refractivity contribution in [3.63, 3.8) is 0 Å². The van der Waals surface area contributed by atoms with Crippen LogP contribution in [-0.2, 0) is 22.6 Å². The summed E-state index contributed by atoms with van der Waals surface area (Å²) in [4.78, 5) is 40.6. The Morgan fingerprint density at radius 2 is 1.93 bits per heavy atom. The molecule has 0 N–H and O–H groups in total. The second-order valence-corrected chi connectivity index (χ2v) is 8.31. The molecule has 7 heteroatoms. The van der Waals surface area contributed by atoms with E-state index < -0.39 is 0 Å². The van der Waals surface area contributed by atoms with Crippen molar-refractivity contribution in [3.8, 4) is 0 Å². The number of aryl methyl sites for hydroxylation is 1. The SMILES string of the molecule is Cc1nc2c(c(N(C)C)n1)CCN(C(=O)[C@H]1CC(=O)N(C3CCCC3)C1)C2. The molecule has 1 aromatic rings. The molecule has 3 heterocycles. The zero-order chi connectivity index (χ0) is 19.1. The number of aromatic nitrogens is 2. The number of anilines is 1. The van der Waals surface area contributed by atoms with E-state index in [4.69, 9.17) is 0 Å². The quantitative estimate of drug-likeness (QED) is 0.806. The monoisotopic (exact) mass is 371 g/mol.